The van der Waals surface area contributed by atoms with E-state index < -0.39 is 0 Å². The number of nitrogens with zero attached hydrogens (tertiary/aromatic N) is 5. The van der Waals surface area contributed by atoms with Gasteiger partial charge in [0.1, 0.15) is 11.2 Å². The minimum Gasteiger partial charge on any atom is -0.456 e. The van der Waals surface area contributed by atoms with Crippen molar-refractivity contribution in [2.24, 2.45) is 0 Å². The Kier molecular flexibility index (Phi) is 6.76. The molecule has 0 spiro atoms. The molecule has 0 radical (unpaired) electrons. The maximum atomic E-state index is 9.63. The van der Waals surface area contributed by atoms with Crippen LogP contribution in [0.1, 0.15) is 5.56 Å². The summed E-state index contributed by atoms with van der Waals surface area (Å²) < 4.78 is 8.67. The van der Waals surface area contributed by atoms with Gasteiger partial charge in [-0.2, -0.15) is 5.26 Å². The number of benzene rings is 7. The fourth-order valence-corrected chi connectivity index (χ4v) is 7.21. The molecule has 0 bridgehead atoms. The van der Waals surface area contributed by atoms with Crippen LogP contribution < -0.4 is 0 Å². The van der Waals surface area contributed by atoms with Crippen LogP contribution in [0, 0.1) is 11.3 Å². The van der Waals surface area contributed by atoms with Crippen molar-refractivity contribution in [1.29, 1.82) is 5.26 Å². The van der Waals surface area contributed by atoms with Crippen molar-refractivity contribution in [2.75, 3.05) is 0 Å². The Bertz CT molecular complexity index is 2950. The van der Waals surface area contributed by atoms with Crippen molar-refractivity contribution >= 4 is 43.7 Å². The molecule has 7 aromatic carbocycles. The molecule has 0 aliphatic carbocycles. The van der Waals surface area contributed by atoms with Crippen LogP contribution in [0.25, 0.3) is 94.7 Å². The molecule has 6 heteroatoms. The molecule has 0 N–H and O–H groups in total. The first kappa shape index (κ1) is 29.5. The first-order chi connectivity index (χ1) is 25.7. The highest BCUT2D eigenvalue weighted by Gasteiger charge is 2.20. The first-order valence-corrected chi connectivity index (χ1v) is 17.1. The summed E-state index contributed by atoms with van der Waals surface area (Å²) >= 11 is 0. The highest BCUT2D eigenvalue weighted by atomic mass is 16.3. The lowest BCUT2D eigenvalue weighted by molar-refractivity contribution is 0.669. The third-order valence-electron chi connectivity index (χ3n) is 9.69. The normalized spacial score (nSPS) is 11.4. The van der Waals surface area contributed by atoms with Gasteiger partial charge in [0.15, 0.2) is 17.5 Å². The van der Waals surface area contributed by atoms with Crippen molar-refractivity contribution in [3.8, 4) is 57.0 Å². The molecule has 0 amide bonds. The van der Waals surface area contributed by atoms with E-state index in [1.807, 2.05) is 103 Å². The Balaban J connectivity index is 1.25. The largest absolute Gasteiger partial charge is 0.456 e. The molecule has 0 unspecified atom stereocenters. The monoisotopic (exact) mass is 665 g/mol. The van der Waals surface area contributed by atoms with Gasteiger partial charge < -0.3 is 8.98 Å². The zero-order valence-electron chi connectivity index (χ0n) is 27.7. The summed E-state index contributed by atoms with van der Waals surface area (Å²) in [6.07, 6.45) is 0. The van der Waals surface area contributed by atoms with Gasteiger partial charge in [-0.05, 0) is 60.2 Å². The van der Waals surface area contributed by atoms with Gasteiger partial charge in [-0.25, -0.2) is 15.0 Å². The van der Waals surface area contributed by atoms with Gasteiger partial charge in [-0.15, -0.1) is 0 Å². The lowest BCUT2D eigenvalue weighted by atomic mass is 9.99. The SMILES string of the molecule is N#Cc1ccc(-c2cc(-c3nc(-c4ccccc4)nc(-c4ccccc4)n3)ccc2-n2c3ccccc3c3cc4oc5ccccc5c4cc32)cc1. The van der Waals surface area contributed by atoms with Gasteiger partial charge in [0.25, 0.3) is 0 Å². The zero-order valence-corrected chi connectivity index (χ0v) is 27.7. The van der Waals surface area contributed by atoms with Gasteiger partial charge in [0.2, 0.25) is 0 Å². The van der Waals surface area contributed by atoms with Crippen LogP contribution in [0.15, 0.2) is 168 Å². The van der Waals surface area contributed by atoms with E-state index >= 15 is 0 Å². The Morgan fingerprint density at radius 1 is 0.442 bits per heavy atom. The van der Waals surface area contributed by atoms with Gasteiger partial charge in [0.05, 0.1) is 28.4 Å². The molecule has 0 saturated heterocycles. The van der Waals surface area contributed by atoms with Crippen LogP contribution in [0.4, 0.5) is 0 Å². The summed E-state index contributed by atoms with van der Waals surface area (Å²) in [5.74, 6) is 1.78. The Morgan fingerprint density at radius 3 is 1.73 bits per heavy atom. The maximum Gasteiger partial charge on any atom is 0.164 e. The molecule has 3 heterocycles. The summed E-state index contributed by atoms with van der Waals surface area (Å²) in [5, 5.41) is 14.0. The number of para-hydroxylation sites is 2. The molecule has 0 atom stereocenters. The van der Waals surface area contributed by atoms with Crippen LogP contribution in [-0.2, 0) is 0 Å². The van der Waals surface area contributed by atoms with E-state index in [0.29, 0.717) is 23.0 Å². The lowest BCUT2D eigenvalue weighted by Gasteiger charge is -2.16. The van der Waals surface area contributed by atoms with Crippen LogP contribution in [-0.4, -0.2) is 19.5 Å². The van der Waals surface area contributed by atoms with E-state index in [1.54, 1.807) is 0 Å². The Morgan fingerprint density at radius 2 is 1.04 bits per heavy atom. The minimum atomic E-state index is 0.572. The topological polar surface area (TPSA) is 80.5 Å². The lowest BCUT2D eigenvalue weighted by Crippen LogP contribution is -2.02. The van der Waals surface area contributed by atoms with Crippen molar-refractivity contribution < 1.29 is 4.42 Å². The fraction of sp³-hybridized carbons (Fsp3) is 0. The average molecular weight is 666 g/mol. The van der Waals surface area contributed by atoms with Gasteiger partial charge >= 0.3 is 0 Å². The van der Waals surface area contributed by atoms with Crippen LogP contribution in [0.2, 0.25) is 0 Å². The second-order valence-corrected chi connectivity index (χ2v) is 12.8. The molecular weight excluding hydrogens is 639 g/mol. The molecule has 6 nitrogen and oxygen atoms in total. The molecule has 0 aliphatic rings. The molecule has 242 valence electrons. The Labute approximate surface area is 298 Å². The molecule has 0 saturated carbocycles. The molecule has 0 fully saturated rings. The van der Waals surface area contributed by atoms with Crippen molar-refractivity contribution in [2.45, 2.75) is 0 Å². The highest BCUT2D eigenvalue weighted by molar-refractivity contribution is 6.17. The van der Waals surface area contributed by atoms with E-state index in [2.05, 4.69) is 71.3 Å². The summed E-state index contributed by atoms with van der Waals surface area (Å²) in [4.78, 5) is 15.0. The molecule has 52 heavy (non-hydrogen) atoms. The maximum absolute atomic E-state index is 9.63. The summed E-state index contributed by atoms with van der Waals surface area (Å²) in [7, 11) is 0. The number of aromatic nitrogens is 4. The second-order valence-electron chi connectivity index (χ2n) is 12.8. The van der Waals surface area contributed by atoms with Gasteiger partial charge in [-0.3, -0.25) is 0 Å². The molecule has 0 aliphatic heterocycles. The molecule has 10 aromatic rings. The average Bonchev–Trinajstić information content (AvgIpc) is 3.75. The number of furan rings is 1. The van der Waals surface area contributed by atoms with Crippen molar-refractivity contribution in [3.05, 3.63) is 169 Å². The quantitative estimate of drug-likeness (QED) is 0.183. The van der Waals surface area contributed by atoms with E-state index in [9.17, 15) is 5.26 Å². The number of fused-ring (bicyclic) bond motifs is 6. The fourth-order valence-electron chi connectivity index (χ4n) is 7.21. The molecule has 10 rings (SSSR count). The molecule has 3 aromatic heterocycles. The predicted octanol–water partition coefficient (Wildman–Crippen LogP) is 11.4. The van der Waals surface area contributed by atoms with Crippen LogP contribution >= 0.6 is 0 Å². The van der Waals surface area contributed by atoms with E-state index in [4.69, 9.17) is 19.4 Å². The van der Waals surface area contributed by atoms with Crippen LogP contribution in [0.3, 0.4) is 0 Å². The van der Waals surface area contributed by atoms with E-state index in [-0.39, 0.29) is 0 Å². The van der Waals surface area contributed by atoms with Gasteiger partial charge in [0, 0.05) is 43.8 Å². The third-order valence-corrected chi connectivity index (χ3v) is 9.69. The van der Waals surface area contributed by atoms with E-state index in [1.165, 1.54) is 0 Å². The highest BCUT2D eigenvalue weighted by Crippen LogP contribution is 2.41. The molecular formula is C46H27N5O. The van der Waals surface area contributed by atoms with Crippen molar-refractivity contribution in [1.82, 2.24) is 19.5 Å². The third kappa shape index (κ3) is 4.84. The second kappa shape index (κ2) is 11.9. The summed E-state index contributed by atoms with van der Waals surface area (Å²) in [6.45, 7) is 0. The number of hydrogen-bond acceptors (Lipinski definition) is 5. The predicted molar refractivity (Wildman–Crippen MR) is 208 cm³/mol. The number of rotatable bonds is 5. The smallest absolute Gasteiger partial charge is 0.164 e. The Hall–Kier alpha value is -7.36. The number of hydrogen-bond donors (Lipinski definition) is 0. The number of nitriles is 1. The minimum absolute atomic E-state index is 0.572. The standard InChI is InChI=1S/C46H27N5O/c47-28-29-19-21-30(22-20-29)36-25-33(46-49-44(31-11-3-1-4-12-31)48-45(50-46)32-13-5-2-6-14-32)23-24-40(36)51-39-17-9-7-15-34(39)37-27-43-38(26-41(37)51)35-16-8-10-18-42(35)52-43/h1-27H. The zero-order chi connectivity index (χ0) is 34.6. The summed E-state index contributed by atoms with van der Waals surface area (Å²) in [6, 6.07) is 57.5. The first-order valence-electron chi connectivity index (χ1n) is 17.1. The van der Waals surface area contributed by atoms with Crippen molar-refractivity contribution in [3.63, 3.8) is 0 Å². The van der Waals surface area contributed by atoms with Crippen LogP contribution in [0.5, 0.6) is 0 Å². The van der Waals surface area contributed by atoms with E-state index in [0.717, 1.165) is 77.2 Å². The van der Waals surface area contributed by atoms with Gasteiger partial charge in [-0.1, -0.05) is 109 Å². The summed E-state index contributed by atoms with van der Waals surface area (Å²) in [5.41, 5.74) is 10.1.